The van der Waals surface area contributed by atoms with Gasteiger partial charge in [0.05, 0.1) is 30.3 Å². The van der Waals surface area contributed by atoms with Crippen molar-refractivity contribution in [1.29, 1.82) is 0 Å². The number of aromatic nitrogens is 1. The minimum Gasteiger partial charge on any atom is -0.379 e. The Morgan fingerprint density at radius 1 is 1.30 bits per heavy atom. The molecule has 0 radical (unpaired) electrons. The first-order valence-electron chi connectivity index (χ1n) is 6.69. The fourth-order valence-corrected chi connectivity index (χ4v) is 2.53. The fraction of sp³-hybridized carbons (Fsp3) is 0.333. The molecule has 1 aliphatic heterocycles. The molecule has 2 atom stereocenters. The zero-order chi connectivity index (χ0) is 13.9. The van der Waals surface area contributed by atoms with Gasteiger partial charge in [0.1, 0.15) is 0 Å². The number of rotatable bonds is 3. The molecule has 3 rings (SSSR count). The number of hydrogen-bond donors (Lipinski definition) is 2. The molecule has 2 N–H and O–H groups in total. The summed E-state index contributed by atoms with van der Waals surface area (Å²) in [6.45, 7) is 1.03. The van der Waals surface area contributed by atoms with Crippen LogP contribution in [-0.2, 0) is 9.53 Å². The van der Waals surface area contributed by atoms with Crippen LogP contribution in [-0.4, -0.2) is 37.2 Å². The summed E-state index contributed by atoms with van der Waals surface area (Å²) in [7, 11) is 1.85. The fourth-order valence-electron chi connectivity index (χ4n) is 2.53. The molecule has 1 fully saturated rings. The average molecular weight is 271 g/mol. The highest BCUT2D eigenvalue weighted by Crippen LogP contribution is 2.23. The van der Waals surface area contributed by atoms with Crippen LogP contribution < -0.4 is 10.6 Å². The molecule has 2 heterocycles. The summed E-state index contributed by atoms with van der Waals surface area (Å²) in [5.41, 5.74) is 1.67. The topological polar surface area (TPSA) is 63.2 Å². The normalized spacial score (nSPS) is 22.1. The zero-order valence-electron chi connectivity index (χ0n) is 11.3. The molecular formula is C15H17N3O2. The van der Waals surface area contributed by atoms with Crippen molar-refractivity contribution in [2.45, 2.75) is 6.04 Å². The maximum Gasteiger partial charge on any atom is 0.231 e. The molecule has 20 heavy (non-hydrogen) atoms. The number of likely N-dealkylation sites (N-methyl/N-ethyl adjacent to an activating group) is 1. The number of pyridine rings is 1. The predicted octanol–water partition coefficient (Wildman–Crippen LogP) is 1.41. The molecule has 2 aromatic rings. The molecule has 5 nitrogen and oxygen atoms in total. The molecule has 0 saturated carbocycles. The Labute approximate surface area is 117 Å². The number of nitrogens with one attached hydrogen (secondary N) is 2. The van der Waals surface area contributed by atoms with Gasteiger partial charge in [0.2, 0.25) is 5.91 Å². The maximum atomic E-state index is 12.4. The van der Waals surface area contributed by atoms with E-state index in [-0.39, 0.29) is 17.9 Å². The van der Waals surface area contributed by atoms with Crippen molar-refractivity contribution in [2.75, 3.05) is 25.6 Å². The largest absolute Gasteiger partial charge is 0.379 e. The number of benzene rings is 1. The molecule has 1 saturated heterocycles. The van der Waals surface area contributed by atoms with E-state index < -0.39 is 0 Å². The Hall–Kier alpha value is -1.98. The number of carbonyl (C=O) groups is 1. The van der Waals surface area contributed by atoms with E-state index in [2.05, 4.69) is 15.6 Å². The second kappa shape index (κ2) is 5.56. The van der Waals surface area contributed by atoms with E-state index in [0.717, 1.165) is 16.6 Å². The van der Waals surface area contributed by atoms with Gasteiger partial charge in [-0.05, 0) is 31.3 Å². The van der Waals surface area contributed by atoms with E-state index in [4.69, 9.17) is 4.74 Å². The summed E-state index contributed by atoms with van der Waals surface area (Å²) >= 11 is 0. The standard InChI is InChI=1S/C15H17N3O2/c1-16-14-9-20-8-11(14)15(19)18-13-6-2-5-12-10(13)4-3-7-17-12/h2-7,11,14,16H,8-9H2,1H3,(H,18,19). The van der Waals surface area contributed by atoms with Gasteiger partial charge < -0.3 is 15.4 Å². The summed E-state index contributed by atoms with van der Waals surface area (Å²) in [6, 6.07) is 9.62. The predicted molar refractivity (Wildman–Crippen MR) is 77.5 cm³/mol. The number of fused-ring (bicyclic) bond motifs is 1. The zero-order valence-corrected chi connectivity index (χ0v) is 11.3. The Morgan fingerprint density at radius 2 is 2.20 bits per heavy atom. The summed E-state index contributed by atoms with van der Waals surface area (Å²) in [5, 5.41) is 7.06. The van der Waals surface area contributed by atoms with Crippen LogP contribution in [0.5, 0.6) is 0 Å². The Balaban J connectivity index is 1.84. The van der Waals surface area contributed by atoms with E-state index in [1.165, 1.54) is 0 Å². The van der Waals surface area contributed by atoms with Crippen molar-refractivity contribution in [1.82, 2.24) is 10.3 Å². The number of carbonyl (C=O) groups excluding carboxylic acids is 1. The van der Waals surface area contributed by atoms with Gasteiger partial charge in [-0.15, -0.1) is 0 Å². The smallest absolute Gasteiger partial charge is 0.231 e. The van der Waals surface area contributed by atoms with E-state index in [1.54, 1.807) is 6.20 Å². The van der Waals surface area contributed by atoms with Crippen molar-refractivity contribution < 1.29 is 9.53 Å². The highest BCUT2D eigenvalue weighted by atomic mass is 16.5. The third-order valence-electron chi connectivity index (χ3n) is 3.69. The Morgan fingerprint density at radius 3 is 3.05 bits per heavy atom. The van der Waals surface area contributed by atoms with Gasteiger partial charge in [0.15, 0.2) is 0 Å². The van der Waals surface area contributed by atoms with Gasteiger partial charge in [-0.3, -0.25) is 9.78 Å². The van der Waals surface area contributed by atoms with Crippen LogP contribution in [0.15, 0.2) is 36.5 Å². The van der Waals surface area contributed by atoms with E-state index in [9.17, 15) is 4.79 Å². The van der Waals surface area contributed by atoms with Gasteiger partial charge in [0.25, 0.3) is 0 Å². The molecule has 1 aromatic carbocycles. The lowest BCUT2D eigenvalue weighted by Crippen LogP contribution is -2.39. The summed E-state index contributed by atoms with van der Waals surface area (Å²) in [6.07, 6.45) is 1.75. The number of anilines is 1. The van der Waals surface area contributed by atoms with Gasteiger partial charge in [-0.25, -0.2) is 0 Å². The van der Waals surface area contributed by atoms with Crippen molar-refractivity contribution in [2.24, 2.45) is 5.92 Å². The van der Waals surface area contributed by atoms with E-state index in [1.807, 2.05) is 37.4 Å². The van der Waals surface area contributed by atoms with E-state index >= 15 is 0 Å². The lowest BCUT2D eigenvalue weighted by Gasteiger charge is -2.17. The van der Waals surface area contributed by atoms with E-state index in [0.29, 0.717) is 13.2 Å². The lowest BCUT2D eigenvalue weighted by atomic mass is 10.0. The minimum atomic E-state index is -0.160. The quantitative estimate of drug-likeness (QED) is 0.886. The van der Waals surface area contributed by atoms with Gasteiger partial charge in [0, 0.05) is 17.6 Å². The molecule has 1 aliphatic rings. The lowest BCUT2D eigenvalue weighted by molar-refractivity contribution is -0.120. The first kappa shape index (κ1) is 13.0. The van der Waals surface area contributed by atoms with Gasteiger partial charge >= 0.3 is 0 Å². The van der Waals surface area contributed by atoms with Crippen molar-refractivity contribution >= 4 is 22.5 Å². The second-order valence-electron chi connectivity index (χ2n) is 4.90. The molecule has 0 spiro atoms. The molecule has 1 aromatic heterocycles. The summed E-state index contributed by atoms with van der Waals surface area (Å²) < 4.78 is 5.37. The third-order valence-corrected chi connectivity index (χ3v) is 3.69. The van der Waals surface area contributed by atoms with Crippen LogP contribution in [0.3, 0.4) is 0 Å². The van der Waals surface area contributed by atoms with Crippen LogP contribution in [0.2, 0.25) is 0 Å². The van der Waals surface area contributed by atoms with Crippen LogP contribution >= 0.6 is 0 Å². The van der Waals surface area contributed by atoms with Crippen molar-refractivity contribution in [3.05, 3.63) is 36.5 Å². The molecule has 0 aliphatic carbocycles. The van der Waals surface area contributed by atoms with Crippen molar-refractivity contribution in [3.8, 4) is 0 Å². The van der Waals surface area contributed by atoms with Crippen LogP contribution in [0, 0.1) is 5.92 Å². The third kappa shape index (κ3) is 2.37. The highest BCUT2D eigenvalue weighted by molar-refractivity contribution is 6.02. The highest BCUT2D eigenvalue weighted by Gasteiger charge is 2.33. The van der Waals surface area contributed by atoms with Crippen molar-refractivity contribution in [3.63, 3.8) is 0 Å². The first-order valence-corrected chi connectivity index (χ1v) is 6.69. The first-order chi connectivity index (χ1) is 9.79. The Bertz CT molecular complexity index is 624. The van der Waals surface area contributed by atoms with Crippen LogP contribution in [0.4, 0.5) is 5.69 Å². The molecular weight excluding hydrogens is 254 g/mol. The number of amides is 1. The summed E-state index contributed by atoms with van der Waals surface area (Å²) in [4.78, 5) is 16.7. The average Bonchev–Trinajstić information content (AvgIpc) is 2.96. The monoisotopic (exact) mass is 271 g/mol. The molecule has 104 valence electrons. The van der Waals surface area contributed by atoms with Gasteiger partial charge in [-0.2, -0.15) is 0 Å². The maximum absolute atomic E-state index is 12.4. The molecule has 1 amide bonds. The van der Waals surface area contributed by atoms with Gasteiger partial charge in [-0.1, -0.05) is 6.07 Å². The molecule has 0 bridgehead atoms. The summed E-state index contributed by atoms with van der Waals surface area (Å²) in [5.74, 6) is -0.176. The van der Waals surface area contributed by atoms with Crippen LogP contribution in [0.1, 0.15) is 0 Å². The SMILES string of the molecule is CNC1COCC1C(=O)Nc1cccc2ncccc12. The second-order valence-corrected chi connectivity index (χ2v) is 4.90. The van der Waals surface area contributed by atoms with Crippen LogP contribution in [0.25, 0.3) is 10.9 Å². The Kier molecular flexibility index (Phi) is 3.62. The number of ether oxygens (including phenoxy) is 1. The molecule has 2 unspecified atom stereocenters. The number of nitrogens with zero attached hydrogens (tertiary/aromatic N) is 1. The molecule has 5 heteroatoms. The minimum absolute atomic E-state index is 0.0156. The number of hydrogen-bond acceptors (Lipinski definition) is 4.